The molecule has 0 aromatic carbocycles. The molecule has 2 saturated heterocycles. The number of anilines is 1. The van der Waals surface area contributed by atoms with Gasteiger partial charge in [0.25, 0.3) is 0 Å². The van der Waals surface area contributed by atoms with E-state index in [1.54, 1.807) is 6.92 Å². The number of piperazine rings is 1. The summed E-state index contributed by atoms with van der Waals surface area (Å²) in [5.74, 6) is 0.150. The highest BCUT2D eigenvalue weighted by Gasteiger charge is 2.30. The lowest BCUT2D eigenvalue weighted by Crippen LogP contribution is -2.46. The first-order valence-corrected chi connectivity index (χ1v) is 10.6. The van der Waals surface area contributed by atoms with Crippen molar-refractivity contribution < 1.29 is 4.79 Å². The molecule has 1 atom stereocenters. The van der Waals surface area contributed by atoms with Crippen molar-refractivity contribution in [3.63, 3.8) is 0 Å². The van der Waals surface area contributed by atoms with Crippen LogP contribution in [0.1, 0.15) is 48.5 Å². The van der Waals surface area contributed by atoms with Crippen LogP contribution in [-0.4, -0.2) is 63.2 Å². The summed E-state index contributed by atoms with van der Waals surface area (Å²) in [4.78, 5) is 23.7. The summed E-state index contributed by atoms with van der Waals surface area (Å²) >= 11 is 0. The van der Waals surface area contributed by atoms with Crippen LogP contribution in [0.5, 0.6) is 0 Å². The fourth-order valence-corrected chi connectivity index (χ4v) is 4.58. The van der Waals surface area contributed by atoms with E-state index < -0.39 is 0 Å². The zero-order valence-electron chi connectivity index (χ0n) is 18.1. The molecule has 4 rings (SSSR count). The van der Waals surface area contributed by atoms with Gasteiger partial charge in [-0.3, -0.25) is 19.4 Å². The minimum Gasteiger partial charge on any atom is -0.369 e. The summed E-state index contributed by atoms with van der Waals surface area (Å²) in [6.07, 6.45) is 4.05. The van der Waals surface area contributed by atoms with Crippen molar-refractivity contribution in [2.75, 3.05) is 37.6 Å². The summed E-state index contributed by atoms with van der Waals surface area (Å²) in [5, 5.41) is 4.36. The van der Waals surface area contributed by atoms with Crippen LogP contribution in [0.4, 0.5) is 5.69 Å². The number of amides is 1. The van der Waals surface area contributed by atoms with Crippen LogP contribution in [0.25, 0.3) is 0 Å². The minimum atomic E-state index is 0.126. The fraction of sp³-hybridized carbons (Fsp3) is 0.591. The number of hydrogen-bond donors (Lipinski definition) is 0. The first-order valence-electron chi connectivity index (χ1n) is 10.6. The molecule has 2 aromatic rings. The standard InChI is InChI=1S/C22H32N6O/c1-16-12-20(13-21(24-16)22-6-5-7-28(22)18(3)29)27-10-8-26(9-11-27)15-19-14-23-25(4)17(19)2/h12-14,22H,5-11,15H2,1-4H3. The van der Waals surface area contributed by atoms with Gasteiger partial charge in [-0.15, -0.1) is 0 Å². The molecule has 0 radical (unpaired) electrons. The SMILES string of the molecule is CC(=O)N1CCCC1c1cc(N2CCN(Cc3cnn(C)c3C)CC2)cc(C)n1. The summed E-state index contributed by atoms with van der Waals surface area (Å²) in [7, 11) is 2.00. The third-order valence-electron chi connectivity index (χ3n) is 6.42. The summed E-state index contributed by atoms with van der Waals surface area (Å²) in [6, 6.07) is 4.51. The second kappa shape index (κ2) is 8.14. The largest absolute Gasteiger partial charge is 0.369 e. The summed E-state index contributed by atoms with van der Waals surface area (Å²) in [5.41, 5.74) is 5.87. The Morgan fingerprint density at radius 1 is 1.14 bits per heavy atom. The molecule has 2 aliphatic rings. The number of rotatable bonds is 4. The van der Waals surface area contributed by atoms with Gasteiger partial charge in [0.1, 0.15) is 0 Å². The van der Waals surface area contributed by atoms with Crippen molar-refractivity contribution in [1.29, 1.82) is 0 Å². The van der Waals surface area contributed by atoms with Gasteiger partial charge >= 0.3 is 0 Å². The first kappa shape index (κ1) is 19.9. The van der Waals surface area contributed by atoms with Crippen molar-refractivity contribution >= 4 is 11.6 Å². The van der Waals surface area contributed by atoms with E-state index in [9.17, 15) is 4.79 Å². The van der Waals surface area contributed by atoms with Crippen LogP contribution in [-0.2, 0) is 18.4 Å². The third-order valence-corrected chi connectivity index (χ3v) is 6.42. The molecule has 1 unspecified atom stereocenters. The molecule has 4 heterocycles. The minimum absolute atomic E-state index is 0.126. The molecule has 0 aliphatic carbocycles. The number of aromatic nitrogens is 3. The van der Waals surface area contributed by atoms with Gasteiger partial charge in [-0.1, -0.05) is 0 Å². The highest BCUT2D eigenvalue weighted by atomic mass is 16.2. The first-order chi connectivity index (χ1) is 13.9. The van der Waals surface area contributed by atoms with Crippen molar-refractivity contribution in [2.45, 2.75) is 46.2 Å². The second-order valence-electron chi connectivity index (χ2n) is 8.40. The van der Waals surface area contributed by atoms with Gasteiger partial charge in [-0.05, 0) is 38.8 Å². The quantitative estimate of drug-likeness (QED) is 0.795. The maximum Gasteiger partial charge on any atom is 0.220 e. The predicted octanol–water partition coefficient (Wildman–Crippen LogP) is 2.44. The molecular weight excluding hydrogens is 364 g/mol. The van der Waals surface area contributed by atoms with E-state index in [4.69, 9.17) is 4.98 Å². The van der Waals surface area contributed by atoms with E-state index in [-0.39, 0.29) is 11.9 Å². The Balaban J connectivity index is 1.44. The molecule has 0 spiro atoms. The predicted molar refractivity (Wildman–Crippen MR) is 114 cm³/mol. The Kier molecular flexibility index (Phi) is 5.58. The second-order valence-corrected chi connectivity index (χ2v) is 8.40. The zero-order valence-corrected chi connectivity index (χ0v) is 18.1. The van der Waals surface area contributed by atoms with E-state index in [1.165, 1.54) is 16.9 Å². The lowest BCUT2D eigenvalue weighted by molar-refractivity contribution is -0.129. The van der Waals surface area contributed by atoms with Crippen molar-refractivity contribution in [1.82, 2.24) is 24.6 Å². The number of pyridine rings is 1. The molecule has 2 aliphatic heterocycles. The van der Waals surface area contributed by atoms with Gasteiger partial charge in [-0.25, -0.2) is 0 Å². The lowest BCUT2D eigenvalue weighted by atomic mass is 10.1. The smallest absolute Gasteiger partial charge is 0.220 e. The van der Waals surface area contributed by atoms with Crippen molar-refractivity contribution in [2.24, 2.45) is 7.05 Å². The topological polar surface area (TPSA) is 57.5 Å². The molecule has 2 fully saturated rings. The van der Waals surface area contributed by atoms with E-state index >= 15 is 0 Å². The maximum absolute atomic E-state index is 12.0. The van der Waals surface area contributed by atoms with Crippen LogP contribution < -0.4 is 4.90 Å². The Bertz CT molecular complexity index is 883. The van der Waals surface area contributed by atoms with Gasteiger partial charge in [-0.2, -0.15) is 5.10 Å². The molecule has 0 N–H and O–H groups in total. The molecule has 0 saturated carbocycles. The van der Waals surface area contributed by atoms with Crippen LogP contribution in [0.15, 0.2) is 18.3 Å². The molecule has 0 bridgehead atoms. The highest BCUT2D eigenvalue weighted by Crippen LogP contribution is 2.33. The van der Waals surface area contributed by atoms with Gasteiger partial charge in [0, 0.05) is 75.9 Å². The fourth-order valence-electron chi connectivity index (χ4n) is 4.58. The Labute approximate surface area is 173 Å². The Morgan fingerprint density at radius 2 is 1.90 bits per heavy atom. The van der Waals surface area contributed by atoms with Gasteiger partial charge in [0.15, 0.2) is 0 Å². The third kappa shape index (κ3) is 4.15. The lowest BCUT2D eigenvalue weighted by Gasteiger charge is -2.36. The molecule has 2 aromatic heterocycles. The molecule has 7 heteroatoms. The molecular formula is C22H32N6O. The van der Waals surface area contributed by atoms with Crippen LogP contribution in [0, 0.1) is 13.8 Å². The van der Waals surface area contributed by atoms with E-state index in [0.717, 1.165) is 63.5 Å². The Hall–Kier alpha value is -2.41. The number of carbonyl (C=O) groups excluding carboxylic acids is 1. The highest BCUT2D eigenvalue weighted by molar-refractivity contribution is 5.74. The number of carbonyl (C=O) groups is 1. The van der Waals surface area contributed by atoms with E-state index in [2.05, 4.69) is 40.9 Å². The van der Waals surface area contributed by atoms with Crippen molar-refractivity contribution in [3.8, 4) is 0 Å². The number of nitrogens with zero attached hydrogens (tertiary/aromatic N) is 6. The number of likely N-dealkylation sites (tertiary alicyclic amines) is 1. The maximum atomic E-state index is 12.0. The van der Waals surface area contributed by atoms with E-state index in [0.29, 0.717) is 0 Å². The average molecular weight is 397 g/mol. The Morgan fingerprint density at radius 3 is 2.55 bits per heavy atom. The van der Waals surface area contributed by atoms with Crippen LogP contribution >= 0.6 is 0 Å². The average Bonchev–Trinajstić information content (AvgIpc) is 3.31. The van der Waals surface area contributed by atoms with Gasteiger partial charge in [0.2, 0.25) is 5.91 Å². The summed E-state index contributed by atoms with van der Waals surface area (Å²) in [6.45, 7) is 11.7. The molecule has 7 nitrogen and oxygen atoms in total. The van der Waals surface area contributed by atoms with E-state index in [1.807, 2.05) is 22.8 Å². The normalized spacial score (nSPS) is 20.5. The zero-order chi connectivity index (χ0) is 20.5. The van der Waals surface area contributed by atoms with Crippen LogP contribution in [0.2, 0.25) is 0 Å². The number of aryl methyl sites for hydroxylation is 2. The molecule has 1 amide bonds. The van der Waals surface area contributed by atoms with Gasteiger partial charge < -0.3 is 9.80 Å². The number of hydrogen-bond acceptors (Lipinski definition) is 5. The monoisotopic (exact) mass is 396 g/mol. The molecule has 156 valence electrons. The summed E-state index contributed by atoms with van der Waals surface area (Å²) < 4.78 is 1.94. The molecule has 29 heavy (non-hydrogen) atoms. The van der Waals surface area contributed by atoms with Crippen molar-refractivity contribution in [3.05, 3.63) is 41.0 Å². The van der Waals surface area contributed by atoms with Gasteiger partial charge in [0.05, 0.1) is 17.9 Å². The van der Waals surface area contributed by atoms with Crippen LogP contribution in [0.3, 0.4) is 0 Å².